The summed E-state index contributed by atoms with van der Waals surface area (Å²) < 4.78 is 29.2. The van der Waals surface area contributed by atoms with Crippen molar-refractivity contribution >= 4 is 45.5 Å². The van der Waals surface area contributed by atoms with Crippen LogP contribution in [0.4, 0.5) is 25.3 Å². The smallest absolute Gasteiger partial charge is 0.387 e. The molecule has 0 aliphatic heterocycles. The Morgan fingerprint density at radius 1 is 1.10 bits per heavy atom. The van der Waals surface area contributed by atoms with Crippen LogP contribution in [0.3, 0.4) is 0 Å². The van der Waals surface area contributed by atoms with Crippen molar-refractivity contribution in [2.24, 2.45) is 0 Å². The fourth-order valence-corrected chi connectivity index (χ4v) is 3.88. The molecule has 152 valence electrons. The number of alkyl halides is 2. The molecule has 0 unspecified atom stereocenters. The topological polar surface area (TPSA) is 76.1 Å². The summed E-state index contributed by atoms with van der Waals surface area (Å²) in [7, 11) is 0. The van der Waals surface area contributed by atoms with Gasteiger partial charge in [-0.15, -0.1) is 10.2 Å². The van der Waals surface area contributed by atoms with E-state index in [9.17, 15) is 13.6 Å². The Morgan fingerprint density at radius 2 is 1.83 bits per heavy atom. The molecule has 1 amide bonds. The van der Waals surface area contributed by atoms with Gasteiger partial charge in [0.1, 0.15) is 5.75 Å². The number of carbonyl (C=O) groups excluding carboxylic acids is 1. The van der Waals surface area contributed by atoms with Gasteiger partial charge in [0, 0.05) is 11.4 Å². The summed E-state index contributed by atoms with van der Waals surface area (Å²) in [5.74, 6) is -0.0606. The molecule has 0 atom stereocenters. The molecule has 0 spiro atoms. The molecule has 6 nitrogen and oxygen atoms in total. The Labute approximate surface area is 174 Å². The van der Waals surface area contributed by atoms with E-state index in [4.69, 9.17) is 0 Å². The van der Waals surface area contributed by atoms with Crippen molar-refractivity contribution in [2.75, 3.05) is 16.4 Å². The summed E-state index contributed by atoms with van der Waals surface area (Å²) in [5.41, 5.74) is 3.82. The highest BCUT2D eigenvalue weighted by atomic mass is 32.2. The first-order valence-electron chi connectivity index (χ1n) is 8.54. The van der Waals surface area contributed by atoms with E-state index in [0.29, 0.717) is 15.2 Å². The quantitative estimate of drug-likeness (QED) is 0.471. The van der Waals surface area contributed by atoms with Crippen LogP contribution in [-0.4, -0.2) is 28.5 Å². The molecule has 0 saturated carbocycles. The van der Waals surface area contributed by atoms with Crippen LogP contribution in [0.2, 0.25) is 0 Å². The zero-order valence-electron chi connectivity index (χ0n) is 15.6. The van der Waals surface area contributed by atoms with Gasteiger partial charge in [0.05, 0.1) is 5.75 Å². The number of hydrogen-bond donors (Lipinski definition) is 2. The van der Waals surface area contributed by atoms with Crippen molar-refractivity contribution in [3.63, 3.8) is 0 Å². The molecule has 0 radical (unpaired) electrons. The normalized spacial score (nSPS) is 10.8. The number of ether oxygens (including phenoxy) is 1. The van der Waals surface area contributed by atoms with Crippen LogP contribution in [-0.2, 0) is 4.79 Å². The third kappa shape index (κ3) is 6.40. The van der Waals surface area contributed by atoms with Crippen LogP contribution >= 0.6 is 23.1 Å². The minimum Gasteiger partial charge on any atom is -0.435 e. The standard InChI is InChI=1S/C19H18F2N4O2S2/c1-11-3-4-14(9-12(11)2)23-18-24-25-19(29-18)28-10-16(26)22-13-5-7-15(8-6-13)27-17(20)21/h3-9,17H,10H2,1-2H3,(H,22,26)(H,23,24). The second-order valence-electron chi connectivity index (χ2n) is 6.04. The largest absolute Gasteiger partial charge is 0.435 e. The Bertz CT molecular complexity index is 981. The maximum atomic E-state index is 12.1. The van der Waals surface area contributed by atoms with Crippen molar-refractivity contribution in [3.8, 4) is 5.75 Å². The number of rotatable bonds is 8. The van der Waals surface area contributed by atoms with Gasteiger partial charge in [-0.3, -0.25) is 4.79 Å². The minimum absolute atomic E-state index is 0.0324. The number of nitrogens with one attached hydrogen (secondary N) is 2. The summed E-state index contributed by atoms with van der Waals surface area (Å²) in [6.45, 7) is 1.21. The van der Waals surface area contributed by atoms with Crippen molar-refractivity contribution in [1.82, 2.24) is 10.2 Å². The van der Waals surface area contributed by atoms with Gasteiger partial charge in [0.2, 0.25) is 11.0 Å². The van der Waals surface area contributed by atoms with E-state index in [-0.39, 0.29) is 17.4 Å². The van der Waals surface area contributed by atoms with Gasteiger partial charge < -0.3 is 15.4 Å². The van der Waals surface area contributed by atoms with Crippen LogP contribution in [0.5, 0.6) is 5.75 Å². The van der Waals surface area contributed by atoms with E-state index in [2.05, 4.69) is 32.5 Å². The Morgan fingerprint density at radius 3 is 2.52 bits per heavy atom. The highest BCUT2D eigenvalue weighted by Crippen LogP contribution is 2.28. The molecule has 10 heteroatoms. The van der Waals surface area contributed by atoms with Gasteiger partial charge in [-0.2, -0.15) is 8.78 Å². The predicted octanol–water partition coefficient (Wildman–Crippen LogP) is 5.23. The second-order valence-corrected chi connectivity index (χ2v) is 8.24. The third-order valence-corrected chi connectivity index (χ3v) is 5.83. The number of thioether (sulfide) groups is 1. The second kappa shape index (κ2) is 9.66. The molecule has 0 aliphatic rings. The van der Waals surface area contributed by atoms with Crippen LogP contribution in [0, 0.1) is 13.8 Å². The SMILES string of the molecule is Cc1ccc(Nc2nnc(SCC(=O)Nc3ccc(OC(F)F)cc3)s2)cc1C. The van der Waals surface area contributed by atoms with Crippen LogP contribution in [0.15, 0.2) is 46.8 Å². The minimum atomic E-state index is -2.88. The number of anilines is 3. The van der Waals surface area contributed by atoms with E-state index in [1.165, 1.54) is 58.5 Å². The molecule has 2 aromatic carbocycles. The number of hydrogen-bond acceptors (Lipinski definition) is 7. The summed E-state index contributed by atoms with van der Waals surface area (Å²) in [5, 5.41) is 14.7. The number of aryl methyl sites for hydroxylation is 2. The lowest BCUT2D eigenvalue weighted by atomic mass is 10.1. The fourth-order valence-electron chi connectivity index (χ4n) is 2.31. The van der Waals surface area contributed by atoms with Gasteiger partial charge in [-0.1, -0.05) is 29.2 Å². The highest BCUT2D eigenvalue weighted by molar-refractivity contribution is 8.01. The summed E-state index contributed by atoms with van der Waals surface area (Å²) in [6.07, 6.45) is 0. The maximum absolute atomic E-state index is 12.1. The molecular formula is C19H18F2N4O2S2. The molecular weight excluding hydrogens is 418 g/mol. The molecule has 1 aromatic heterocycles. The number of benzene rings is 2. The van der Waals surface area contributed by atoms with Gasteiger partial charge in [0.15, 0.2) is 4.34 Å². The molecule has 2 N–H and O–H groups in total. The highest BCUT2D eigenvalue weighted by Gasteiger charge is 2.10. The van der Waals surface area contributed by atoms with Crippen molar-refractivity contribution < 1.29 is 18.3 Å². The summed E-state index contributed by atoms with van der Waals surface area (Å²) in [6, 6.07) is 11.8. The molecule has 1 heterocycles. The monoisotopic (exact) mass is 436 g/mol. The Balaban J connectivity index is 1.48. The number of amides is 1. The van der Waals surface area contributed by atoms with Gasteiger partial charge in [-0.05, 0) is 61.4 Å². The lowest BCUT2D eigenvalue weighted by molar-refractivity contribution is -0.113. The number of carbonyl (C=O) groups is 1. The molecule has 3 aromatic rings. The third-order valence-electron chi connectivity index (χ3n) is 3.85. The maximum Gasteiger partial charge on any atom is 0.387 e. The first-order chi connectivity index (χ1) is 13.9. The van der Waals surface area contributed by atoms with Crippen molar-refractivity contribution in [3.05, 3.63) is 53.6 Å². The van der Waals surface area contributed by atoms with Crippen LogP contribution in [0.1, 0.15) is 11.1 Å². The number of halogens is 2. The number of aromatic nitrogens is 2. The molecule has 0 saturated heterocycles. The average Bonchev–Trinajstić information content (AvgIpc) is 3.12. The molecule has 0 aliphatic carbocycles. The predicted molar refractivity (Wildman–Crippen MR) is 112 cm³/mol. The molecule has 3 rings (SSSR count). The zero-order valence-corrected chi connectivity index (χ0v) is 17.2. The van der Waals surface area contributed by atoms with E-state index >= 15 is 0 Å². The van der Waals surface area contributed by atoms with E-state index in [0.717, 1.165) is 5.69 Å². The molecule has 29 heavy (non-hydrogen) atoms. The molecule has 0 fully saturated rings. The fraction of sp³-hybridized carbons (Fsp3) is 0.211. The lowest BCUT2D eigenvalue weighted by Crippen LogP contribution is -2.13. The van der Waals surface area contributed by atoms with Crippen molar-refractivity contribution in [1.29, 1.82) is 0 Å². The lowest BCUT2D eigenvalue weighted by Gasteiger charge is -2.07. The van der Waals surface area contributed by atoms with E-state index < -0.39 is 6.61 Å². The Kier molecular flexibility index (Phi) is 6.99. The summed E-state index contributed by atoms with van der Waals surface area (Å²) in [4.78, 5) is 12.1. The molecule has 0 bridgehead atoms. The van der Waals surface area contributed by atoms with Crippen molar-refractivity contribution in [2.45, 2.75) is 24.8 Å². The van der Waals surface area contributed by atoms with Crippen LogP contribution in [0.25, 0.3) is 0 Å². The first kappa shape index (κ1) is 21.0. The Hall–Kier alpha value is -2.72. The van der Waals surface area contributed by atoms with Gasteiger partial charge in [0.25, 0.3) is 0 Å². The summed E-state index contributed by atoms with van der Waals surface area (Å²) >= 11 is 2.62. The van der Waals surface area contributed by atoms with E-state index in [1.54, 1.807) is 0 Å². The average molecular weight is 437 g/mol. The van der Waals surface area contributed by atoms with Crippen LogP contribution < -0.4 is 15.4 Å². The zero-order chi connectivity index (χ0) is 20.8. The number of nitrogens with zero attached hydrogens (tertiary/aromatic N) is 2. The van der Waals surface area contributed by atoms with E-state index in [1.807, 2.05) is 25.1 Å². The van der Waals surface area contributed by atoms with Gasteiger partial charge >= 0.3 is 6.61 Å². The van der Waals surface area contributed by atoms with Gasteiger partial charge in [-0.25, -0.2) is 0 Å². The first-order valence-corrected chi connectivity index (χ1v) is 10.3.